The Morgan fingerprint density at radius 2 is 1.74 bits per heavy atom. The number of ether oxygens (including phenoxy) is 3. The lowest BCUT2D eigenvalue weighted by molar-refractivity contribution is 0.0746. The second-order valence-corrected chi connectivity index (χ2v) is 6.28. The van der Waals surface area contributed by atoms with Crippen molar-refractivity contribution in [3.05, 3.63) is 48.0 Å². The minimum Gasteiger partial charge on any atom is -0.497 e. The molecule has 0 unspecified atom stereocenters. The van der Waals surface area contributed by atoms with E-state index in [2.05, 4.69) is 11.0 Å². The normalized spacial score (nSPS) is 14.0. The molecule has 0 saturated carbocycles. The highest BCUT2D eigenvalue weighted by molar-refractivity contribution is 5.95. The van der Waals surface area contributed by atoms with Crippen LogP contribution in [0.1, 0.15) is 17.3 Å². The number of anilines is 1. The van der Waals surface area contributed by atoms with Crippen LogP contribution in [0, 0.1) is 0 Å². The molecule has 1 saturated heterocycles. The van der Waals surface area contributed by atoms with Crippen LogP contribution < -0.4 is 19.1 Å². The van der Waals surface area contributed by atoms with E-state index in [1.807, 2.05) is 30.0 Å². The summed E-state index contributed by atoms with van der Waals surface area (Å²) in [6.07, 6.45) is 0. The number of carbonyl (C=O) groups excluding carboxylic acids is 1. The van der Waals surface area contributed by atoms with E-state index in [-0.39, 0.29) is 5.91 Å². The van der Waals surface area contributed by atoms with Crippen LogP contribution in [0.25, 0.3) is 0 Å². The predicted octanol–water partition coefficient (Wildman–Crippen LogP) is 3.06. The summed E-state index contributed by atoms with van der Waals surface area (Å²) in [4.78, 5) is 17.0. The zero-order valence-corrected chi connectivity index (χ0v) is 16.1. The van der Waals surface area contributed by atoms with Gasteiger partial charge in [0.2, 0.25) is 0 Å². The molecule has 0 aromatic heterocycles. The molecular formula is C21H26N2O4. The van der Waals surface area contributed by atoms with Crippen LogP contribution in [0.3, 0.4) is 0 Å². The molecule has 2 aromatic carbocycles. The second-order valence-electron chi connectivity index (χ2n) is 6.28. The second kappa shape index (κ2) is 8.66. The van der Waals surface area contributed by atoms with E-state index < -0.39 is 0 Å². The first-order valence-electron chi connectivity index (χ1n) is 9.15. The first kappa shape index (κ1) is 18.9. The van der Waals surface area contributed by atoms with E-state index in [9.17, 15) is 4.79 Å². The number of nitrogens with zero attached hydrogens (tertiary/aromatic N) is 2. The van der Waals surface area contributed by atoms with Crippen molar-refractivity contribution in [2.75, 3.05) is 51.9 Å². The van der Waals surface area contributed by atoms with Gasteiger partial charge in [0.1, 0.15) is 5.75 Å². The third kappa shape index (κ3) is 4.27. The molecular weight excluding hydrogens is 344 g/mol. The van der Waals surface area contributed by atoms with Gasteiger partial charge in [-0.25, -0.2) is 0 Å². The average Bonchev–Trinajstić information content (AvgIpc) is 2.74. The summed E-state index contributed by atoms with van der Waals surface area (Å²) in [5, 5.41) is 0. The van der Waals surface area contributed by atoms with Crippen LogP contribution in [0.2, 0.25) is 0 Å². The number of hydrogen-bond donors (Lipinski definition) is 0. The van der Waals surface area contributed by atoms with Crippen LogP contribution in [0.15, 0.2) is 42.5 Å². The van der Waals surface area contributed by atoms with Crippen LogP contribution in [0.5, 0.6) is 17.2 Å². The monoisotopic (exact) mass is 370 g/mol. The Morgan fingerprint density at radius 3 is 2.41 bits per heavy atom. The van der Waals surface area contributed by atoms with Gasteiger partial charge < -0.3 is 24.0 Å². The van der Waals surface area contributed by atoms with E-state index in [4.69, 9.17) is 14.2 Å². The molecule has 144 valence electrons. The molecule has 2 aromatic rings. The predicted molar refractivity (Wildman–Crippen MR) is 105 cm³/mol. The smallest absolute Gasteiger partial charge is 0.254 e. The lowest BCUT2D eigenvalue weighted by Crippen LogP contribution is -2.48. The molecule has 0 atom stereocenters. The summed E-state index contributed by atoms with van der Waals surface area (Å²) in [5.41, 5.74) is 1.73. The molecule has 1 amide bonds. The van der Waals surface area contributed by atoms with Crippen LogP contribution in [0.4, 0.5) is 5.69 Å². The van der Waals surface area contributed by atoms with Crippen molar-refractivity contribution in [2.45, 2.75) is 6.92 Å². The molecule has 0 spiro atoms. The largest absolute Gasteiger partial charge is 0.497 e. The molecule has 1 aliphatic heterocycles. The van der Waals surface area contributed by atoms with Gasteiger partial charge in [0.25, 0.3) is 5.91 Å². The molecule has 1 fully saturated rings. The lowest BCUT2D eigenvalue weighted by atomic mass is 10.1. The standard InChI is InChI=1S/C21H26N2O4/c1-4-27-19-9-8-16(14-20(19)26-3)21(24)23-12-10-22(11-13-23)17-6-5-7-18(15-17)25-2/h5-9,14-15H,4,10-13H2,1-3H3. The number of hydrogen-bond acceptors (Lipinski definition) is 5. The van der Waals surface area contributed by atoms with Crippen molar-refractivity contribution in [2.24, 2.45) is 0 Å². The molecule has 3 rings (SSSR count). The number of rotatable bonds is 6. The zero-order chi connectivity index (χ0) is 19.2. The summed E-state index contributed by atoms with van der Waals surface area (Å²) in [6.45, 7) is 5.38. The van der Waals surface area contributed by atoms with Gasteiger partial charge in [0.05, 0.1) is 20.8 Å². The van der Waals surface area contributed by atoms with Crippen molar-refractivity contribution >= 4 is 11.6 Å². The maximum atomic E-state index is 12.9. The highest BCUT2D eigenvalue weighted by atomic mass is 16.5. The number of benzene rings is 2. The van der Waals surface area contributed by atoms with Gasteiger partial charge in [-0.1, -0.05) is 6.07 Å². The van der Waals surface area contributed by atoms with E-state index in [0.29, 0.717) is 36.8 Å². The fourth-order valence-electron chi connectivity index (χ4n) is 3.23. The fourth-order valence-corrected chi connectivity index (χ4v) is 3.23. The van der Waals surface area contributed by atoms with Crippen molar-refractivity contribution in [3.63, 3.8) is 0 Å². The molecule has 1 heterocycles. The van der Waals surface area contributed by atoms with E-state index in [1.165, 1.54) is 0 Å². The third-order valence-corrected chi connectivity index (χ3v) is 4.70. The third-order valence-electron chi connectivity index (χ3n) is 4.70. The lowest BCUT2D eigenvalue weighted by Gasteiger charge is -2.36. The number of amides is 1. The molecule has 6 heteroatoms. The Balaban J connectivity index is 1.66. The van der Waals surface area contributed by atoms with Crippen molar-refractivity contribution in [1.29, 1.82) is 0 Å². The van der Waals surface area contributed by atoms with E-state index in [0.717, 1.165) is 24.5 Å². The Hall–Kier alpha value is -2.89. The topological polar surface area (TPSA) is 51.2 Å². The minimum atomic E-state index is 0.0154. The van der Waals surface area contributed by atoms with Crippen LogP contribution >= 0.6 is 0 Å². The first-order chi connectivity index (χ1) is 13.2. The number of piperazine rings is 1. The van der Waals surface area contributed by atoms with E-state index in [1.54, 1.807) is 32.4 Å². The fraction of sp³-hybridized carbons (Fsp3) is 0.381. The quantitative estimate of drug-likeness (QED) is 0.782. The van der Waals surface area contributed by atoms with Crippen molar-refractivity contribution < 1.29 is 19.0 Å². The van der Waals surface area contributed by atoms with Crippen LogP contribution in [-0.4, -0.2) is 57.8 Å². The number of methoxy groups -OCH3 is 2. The van der Waals surface area contributed by atoms with Gasteiger partial charge in [-0.2, -0.15) is 0 Å². The van der Waals surface area contributed by atoms with Crippen molar-refractivity contribution in [1.82, 2.24) is 4.90 Å². The molecule has 0 bridgehead atoms. The average molecular weight is 370 g/mol. The first-order valence-corrected chi connectivity index (χ1v) is 9.15. The number of carbonyl (C=O) groups is 1. The van der Waals surface area contributed by atoms with Gasteiger partial charge in [0.15, 0.2) is 11.5 Å². The molecule has 0 N–H and O–H groups in total. The molecule has 0 radical (unpaired) electrons. The molecule has 6 nitrogen and oxygen atoms in total. The molecule has 0 aliphatic carbocycles. The minimum absolute atomic E-state index is 0.0154. The molecule has 27 heavy (non-hydrogen) atoms. The maximum absolute atomic E-state index is 12.9. The molecule has 1 aliphatic rings. The summed E-state index contributed by atoms with van der Waals surface area (Å²) in [6, 6.07) is 13.3. The summed E-state index contributed by atoms with van der Waals surface area (Å²) in [7, 11) is 3.25. The summed E-state index contributed by atoms with van der Waals surface area (Å²) in [5.74, 6) is 2.09. The summed E-state index contributed by atoms with van der Waals surface area (Å²) < 4.78 is 16.2. The zero-order valence-electron chi connectivity index (χ0n) is 16.1. The Kier molecular flexibility index (Phi) is 6.06. The van der Waals surface area contributed by atoms with Crippen LogP contribution in [-0.2, 0) is 0 Å². The Bertz CT molecular complexity index is 786. The SMILES string of the molecule is CCOc1ccc(C(=O)N2CCN(c3cccc(OC)c3)CC2)cc1OC. The highest BCUT2D eigenvalue weighted by Crippen LogP contribution is 2.29. The van der Waals surface area contributed by atoms with Gasteiger partial charge in [-0.15, -0.1) is 0 Å². The van der Waals surface area contributed by atoms with Crippen molar-refractivity contribution in [3.8, 4) is 17.2 Å². The summed E-state index contributed by atoms with van der Waals surface area (Å²) >= 11 is 0. The van der Waals surface area contributed by atoms with E-state index >= 15 is 0 Å². The highest BCUT2D eigenvalue weighted by Gasteiger charge is 2.23. The van der Waals surface area contributed by atoms with Gasteiger partial charge in [-0.05, 0) is 37.3 Å². The van der Waals surface area contributed by atoms with Gasteiger partial charge in [-0.3, -0.25) is 4.79 Å². The Morgan fingerprint density at radius 1 is 0.963 bits per heavy atom. The van der Waals surface area contributed by atoms with Gasteiger partial charge in [0, 0.05) is 43.5 Å². The van der Waals surface area contributed by atoms with Gasteiger partial charge >= 0.3 is 0 Å². The Labute approximate surface area is 160 Å². The maximum Gasteiger partial charge on any atom is 0.254 e.